The zero-order valence-electron chi connectivity index (χ0n) is 32.8. The van der Waals surface area contributed by atoms with E-state index < -0.39 is 12.2 Å². The third-order valence-corrected chi connectivity index (χ3v) is 17.2. The predicted octanol–water partition coefficient (Wildman–Crippen LogP) is 9.63. The van der Waals surface area contributed by atoms with Gasteiger partial charge in [-0.25, -0.2) is 0 Å². The second-order valence-electron chi connectivity index (χ2n) is 20.0. The molecule has 4 heteroatoms. The van der Waals surface area contributed by atoms with E-state index in [1.807, 2.05) is 6.92 Å². The van der Waals surface area contributed by atoms with Crippen molar-refractivity contribution in [2.24, 2.45) is 93.2 Å². The van der Waals surface area contributed by atoms with Gasteiger partial charge in [-0.15, -0.1) is 0 Å². The Hall–Kier alpha value is -0.160. The van der Waals surface area contributed by atoms with Gasteiger partial charge in [0.1, 0.15) is 0 Å². The van der Waals surface area contributed by atoms with Crippen LogP contribution in [-0.2, 0) is 4.74 Å². The Bertz CT molecular complexity index is 1040. The number of rotatable bonds is 9. The van der Waals surface area contributed by atoms with Crippen LogP contribution in [0.4, 0.5) is 0 Å². The van der Waals surface area contributed by atoms with Crippen LogP contribution < -0.4 is 0 Å². The molecule has 5 saturated carbocycles. The predicted molar refractivity (Wildman–Crippen MR) is 195 cm³/mol. The number of aliphatic hydroxyl groups is 3. The first kappa shape index (κ1) is 38.1. The molecule has 5 aliphatic rings. The maximum absolute atomic E-state index is 12.9. The van der Waals surface area contributed by atoms with E-state index in [0.717, 1.165) is 37.2 Å². The van der Waals surface area contributed by atoms with Crippen LogP contribution in [0, 0.1) is 93.2 Å². The summed E-state index contributed by atoms with van der Waals surface area (Å²) in [5.41, 5.74) is -0.284. The van der Waals surface area contributed by atoms with Gasteiger partial charge in [-0.1, -0.05) is 81.6 Å². The molecule has 0 spiro atoms. The summed E-state index contributed by atoms with van der Waals surface area (Å²) in [5, 5.41) is 35.9. The highest BCUT2D eigenvalue weighted by molar-refractivity contribution is 5.19. The lowest BCUT2D eigenvalue weighted by Gasteiger charge is -2.72. The molecule has 0 amide bonds. The van der Waals surface area contributed by atoms with E-state index in [9.17, 15) is 15.3 Å². The molecule has 274 valence electrons. The molecule has 47 heavy (non-hydrogen) atoms. The summed E-state index contributed by atoms with van der Waals surface area (Å²) >= 11 is 0. The summed E-state index contributed by atoms with van der Waals surface area (Å²) in [5.74, 6) is 6.33. The van der Waals surface area contributed by atoms with Crippen molar-refractivity contribution in [3.05, 3.63) is 0 Å². The topological polar surface area (TPSA) is 69.9 Å². The van der Waals surface area contributed by atoms with Gasteiger partial charge in [-0.3, -0.25) is 0 Å². The average Bonchev–Trinajstić information content (AvgIpc) is 2.97. The zero-order chi connectivity index (χ0) is 34.8. The fourth-order valence-electron chi connectivity index (χ4n) is 14.8. The molecule has 0 saturated heterocycles. The van der Waals surface area contributed by atoms with Crippen molar-refractivity contribution < 1.29 is 20.1 Å². The van der Waals surface area contributed by atoms with Crippen molar-refractivity contribution >= 4 is 0 Å². The lowest BCUT2D eigenvalue weighted by Crippen LogP contribution is -2.70. The molecule has 0 heterocycles. The molecule has 19 unspecified atom stereocenters. The standard InChI is InChI=1S/C43H78O4/c1-13-47-27(6)18-17-25(4)31-15-14-16-32(19-31)34-20-33(24(2)3)35-22-41(10)23-42(11)21-26(5)36(30(9)44)40(46)43(42,12)29(8)38(41)39(45)37(35)28(34)7/h24-40,44-46H,13-23H2,1-12H3. The van der Waals surface area contributed by atoms with Crippen LogP contribution in [-0.4, -0.2) is 46.3 Å². The van der Waals surface area contributed by atoms with Gasteiger partial charge in [0.15, 0.2) is 0 Å². The largest absolute Gasteiger partial charge is 0.393 e. The third kappa shape index (κ3) is 6.45. The average molecular weight is 659 g/mol. The Morgan fingerprint density at radius 3 is 2.17 bits per heavy atom. The van der Waals surface area contributed by atoms with Crippen LogP contribution in [0.25, 0.3) is 0 Å². The molecule has 0 aliphatic heterocycles. The van der Waals surface area contributed by atoms with E-state index in [-0.39, 0.29) is 46.0 Å². The van der Waals surface area contributed by atoms with Gasteiger partial charge in [-0.2, -0.15) is 0 Å². The van der Waals surface area contributed by atoms with Crippen LogP contribution in [0.2, 0.25) is 0 Å². The molecule has 5 fully saturated rings. The smallest absolute Gasteiger partial charge is 0.0656 e. The lowest BCUT2D eigenvalue weighted by atomic mass is 9.33. The van der Waals surface area contributed by atoms with Crippen LogP contribution >= 0.6 is 0 Å². The van der Waals surface area contributed by atoms with Gasteiger partial charge >= 0.3 is 0 Å². The molecule has 0 aromatic carbocycles. The van der Waals surface area contributed by atoms with Gasteiger partial charge in [0.2, 0.25) is 0 Å². The van der Waals surface area contributed by atoms with Crippen LogP contribution in [0.1, 0.15) is 147 Å². The normalized spacial score (nSPS) is 52.2. The third-order valence-electron chi connectivity index (χ3n) is 17.2. The van der Waals surface area contributed by atoms with Crippen molar-refractivity contribution in [1.29, 1.82) is 0 Å². The highest BCUT2D eigenvalue weighted by atomic mass is 16.5. The van der Waals surface area contributed by atoms with Crippen molar-refractivity contribution in [3.8, 4) is 0 Å². The summed E-state index contributed by atoms with van der Waals surface area (Å²) < 4.78 is 5.88. The van der Waals surface area contributed by atoms with Crippen LogP contribution in [0.15, 0.2) is 0 Å². The van der Waals surface area contributed by atoms with Gasteiger partial charge in [-0.05, 0) is 148 Å². The van der Waals surface area contributed by atoms with E-state index in [1.165, 1.54) is 51.4 Å². The minimum absolute atomic E-state index is 0.0150. The van der Waals surface area contributed by atoms with Crippen LogP contribution in [0.3, 0.4) is 0 Å². The first-order valence-corrected chi connectivity index (χ1v) is 20.6. The number of hydrogen-bond donors (Lipinski definition) is 3. The molecular formula is C43H78O4. The molecule has 0 radical (unpaired) electrons. The summed E-state index contributed by atoms with van der Waals surface area (Å²) in [6.45, 7) is 29.0. The Morgan fingerprint density at radius 2 is 1.55 bits per heavy atom. The van der Waals surface area contributed by atoms with Gasteiger partial charge in [0, 0.05) is 17.9 Å². The molecule has 3 N–H and O–H groups in total. The fraction of sp³-hybridized carbons (Fsp3) is 1.00. The Balaban J connectivity index is 1.41. The molecule has 19 atom stereocenters. The number of hydrogen-bond acceptors (Lipinski definition) is 4. The Morgan fingerprint density at radius 1 is 0.872 bits per heavy atom. The molecular weight excluding hydrogens is 580 g/mol. The molecule has 4 nitrogen and oxygen atoms in total. The van der Waals surface area contributed by atoms with E-state index in [0.29, 0.717) is 41.6 Å². The highest BCUT2D eigenvalue weighted by Gasteiger charge is 2.70. The maximum atomic E-state index is 12.9. The number of aliphatic hydroxyl groups excluding tert-OH is 3. The second kappa shape index (κ2) is 14.1. The molecule has 0 aromatic heterocycles. The Kier molecular flexibility index (Phi) is 11.4. The molecule has 0 aromatic rings. The monoisotopic (exact) mass is 659 g/mol. The summed E-state index contributed by atoms with van der Waals surface area (Å²) in [6, 6.07) is 0. The zero-order valence-corrected chi connectivity index (χ0v) is 32.8. The van der Waals surface area contributed by atoms with Crippen molar-refractivity contribution in [1.82, 2.24) is 0 Å². The SMILES string of the molecule is CCOC(C)CCC(C)C1CCCC(C2CC(C(C)C)C3CC4(C)CC5(C)CC(C)C(C(C)O)C(O)C5(C)C(C)C4C(O)C3C2C)C1. The quantitative estimate of drug-likeness (QED) is 0.231. The minimum atomic E-state index is -0.557. The highest BCUT2D eigenvalue weighted by Crippen LogP contribution is 2.73. The van der Waals surface area contributed by atoms with Gasteiger partial charge in [0.25, 0.3) is 0 Å². The Labute approximate surface area is 291 Å². The fourth-order valence-corrected chi connectivity index (χ4v) is 14.8. The first-order chi connectivity index (χ1) is 21.9. The number of fused-ring (bicyclic) bond motifs is 3. The summed E-state index contributed by atoms with van der Waals surface area (Å²) in [4.78, 5) is 0. The van der Waals surface area contributed by atoms with Crippen LogP contribution in [0.5, 0.6) is 0 Å². The van der Waals surface area contributed by atoms with E-state index >= 15 is 0 Å². The van der Waals surface area contributed by atoms with Crippen molar-refractivity contribution in [2.45, 2.75) is 172 Å². The minimum Gasteiger partial charge on any atom is -0.393 e. The van der Waals surface area contributed by atoms with Gasteiger partial charge < -0.3 is 20.1 Å². The second-order valence-corrected chi connectivity index (χ2v) is 20.0. The van der Waals surface area contributed by atoms with E-state index in [2.05, 4.69) is 76.2 Å². The molecule has 5 aliphatic carbocycles. The summed E-state index contributed by atoms with van der Waals surface area (Å²) in [6.07, 6.45) is 11.6. The summed E-state index contributed by atoms with van der Waals surface area (Å²) in [7, 11) is 0. The number of ether oxygens (including phenoxy) is 1. The molecule has 5 rings (SSSR count). The van der Waals surface area contributed by atoms with Crippen molar-refractivity contribution in [2.75, 3.05) is 6.61 Å². The van der Waals surface area contributed by atoms with Crippen molar-refractivity contribution in [3.63, 3.8) is 0 Å². The van der Waals surface area contributed by atoms with E-state index in [1.54, 1.807) is 0 Å². The lowest BCUT2D eigenvalue weighted by molar-refractivity contribution is -0.282. The molecule has 0 bridgehead atoms. The first-order valence-electron chi connectivity index (χ1n) is 20.6. The maximum Gasteiger partial charge on any atom is 0.0656 e. The van der Waals surface area contributed by atoms with E-state index in [4.69, 9.17) is 4.74 Å². The van der Waals surface area contributed by atoms with Gasteiger partial charge in [0.05, 0.1) is 24.4 Å².